The highest BCUT2D eigenvalue weighted by atomic mass is 16.6. The maximum Gasteiger partial charge on any atom is 0.274 e. The van der Waals surface area contributed by atoms with Gasteiger partial charge in [-0.15, -0.1) is 0 Å². The van der Waals surface area contributed by atoms with Crippen molar-refractivity contribution in [1.29, 1.82) is 0 Å². The van der Waals surface area contributed by atoms with E-state index in [1.165, 1.54) is 12.8 Å². The summed E-state index contributed by atoms with van der Waals surface area (Å²) < 4.78 is 2.19. The van der Waals surface area contributed by atoms with Gasteiger partial charge >= 0.3 is 0 Å². The first kappa shape index (κ1) is 13.6. The quantitative estimate of drug-likeness (QED) is 0.675. The molecule has 1 N–H and O–H groups in total. The molecular formula is C15H18N4O2. The van der Waals surface area contributed by atoms with E-state index in [1.54, 1.807) is 13.0 Å². The smallest absolute Gasteiger partial charge is 0.274 e. The second kappa shape index (κ2) is 5.20. The second-order valence-corrected chi connectivity index (χ2v) is 5.59. The van der Waals surface area contributed by atoms with Gasteiger partial charge in [-0.05, 0) is 38.3 Å². The van der Waals surface area contributed by atoms with Gasteiger partial charge in [0.15, 0.2) is 0 Å². The van der Waals surface area contributed by atoms with Crippen LogP contribution < -0.4 is 5.32 Å². The van der Waals surface area contributed by atoms with Crippen LogP contribution in [0, 0.1) is 24.0 Å². The molecule has 21 heavy (non-hydrogen) atoms. The number of benzene rings is 1. The lowest BCUT2D eigenvalue weighted by atomic mass is 10.1. The summed E-state index contributed by atoms with van der Waals surface area (Å²) in [6.07, 6.45) is 6.12. The first-order valence-electron chi connectivity index (χ1n) is 7.06. The number of nitrogens with one attached hydrogen (secondary N) is 1. The molecule has 0 bridgehead atoms. The number of hydrogen-bond acceptors (Lipinski definition) is 4. The Morgan fingerprint density at radius 1 is 1.38 bits per heavy atom. The van der Waals surface area contributed by atoms with E-state index in [0.717, 1.165) is 16.9 Å². The molecule has 1 heterocycles. The summed E-state index contributed by atoms with van der Waals surface area (Å²) in [5.74, 6) is 0. The van der Waals surface area contributed by atoms with Gasteiger partial charge in [0, 0.05) is 29.6 Å². The average molecular weight is 286 g/mol. The third-order valence-corrected chi connectivity index (χ3v) is 3.89. The van der Waals surface area contributed by atoms with Crippen LogP contribution in [0.4, 0.5) is 11.4 Å². The molecule has 6 nitrogen and oxygen atoms in total. The van der Waals surface area contributed by atoms with Crippen LogP contribution in [0.15, 0.2) is 24.7 Å². The zero-order valence-electron chi connectivity index (χ0n) is 12.2. The van der Waals surface area contributed by atoms with Crippen LogP contribution >= 0.6 is 0 Å². The van der Waals surface area contributed by atoms with Gasteiger partial charge in [0.25, 0.3) is 5.69 Å². The Kier molecular flexibility index (Phi) is 3.37. The molecule has 1 fully saturated rings. The summed E-state index contributed by atoms with van der Waals surface area (Å²) in [6.45, 7) is 4.34. The molecular weight excluding hydrogens is 268 g/mol. The topological polar surface area (TPSA) is 73.0 Å². The number of aromatic nitrogens is 2. The van der Waals surface area contributed by atoms with Crippen LogP contribution in [0.5, 0.6) is 0 Å². The van der Waals surface area contributed by atoms with E-state index in [1.807, 2.05) is 25.5 Å². The number of imidazole rings is 1. The normalized spacial score (nSPS) is 14.2. The first-order valence-corrected chi connectivity index (χ1v) is 7.06. The SMILES string of the molecule is Cc1cc(C)c([N+](=O)[O-])cc1NCc1cncn1C1CC1. The largest absolute Gasteiger partial charge is 0.379 e. The molecule has 1 saturated carbocycles. The van der Waals surface area contributed by atoms with Crippen molar-refractivity contribution in [1.82, 2.24) is 9.55 Å². The van der Waals surface area contributed by atoms with E-state index in [2.05, 4.69) is 14.9 Å². The summed E-state index contributed by atoms with van der Waals surface area (Å²) in [7, 11) is 0. The van der Waals surface area contributed by atoms with Crippen LogP contribution in [0.1, 0.15) is 35.7 Å². The van der Waals surface area contributed by atoms with Crippen LogP contribution in [0.2, 0.25) is 0 Å². The van der Waals surface area contributed by atoms with E-state index in [-0.39, 0.29) is 10.6 Å². The molecule has 1 aromatic carbocycles. The van der Waals surface area contributed by atoms with Crippen LogP contribution in [-0.2, 0) is 6.54 Å². The summed E-state index contributed by atoms with van der Waals surface area (Å²) in [5, 5.41) is 14.3. The zero-order chi connectivity index (χ0) is 15.0. The van der Waals surface area contributed by atoms with E-state index >= 15 is 0 Å². The molecule has 3 rings (SSSR count). The Morgan fingerprint density at radius 2 is 2.14 bits per heavy atom. The highest BCUT2D eigenvalue weighted by Gasteiger charge is 2.25. The Morgan fingerprint density at radius 3 is 2.81 bits per heavy atom. The summed E-state index contributed by atoms with van der Waals surface area (Å²) in [4.78, 5) is 14.9. The number of nitro groups is 1. The predicted molar refractivity (Wildman–Crippen MR) is 80.4 cm³/mol. The van der Waals surface area contributed by atoms with Gasteiger partial charge in [-0.2, -0.15) is 0 Å². The number of hydrogen-bond donors (Lipinski definition) is 1. The Balaban J connectivity index is 1.79. The Hall–Kier alpha value is -2.37. The minimum atomic E-state index is -0.339. The van der Waals surface area contributed by atoms with Crippen LogP contribution in [0.25, 0.3) is 0 Å². The van der Waals surface area contributed by atoms with Gasteiger partial charge in [0.1, 0.15) is 0 Å². The van der Waals surface area contributed by atoms with Crippen molar-refractivity contribution >= 4 is 11.4 Å². The third-order valence-electron chi connectivity index (χ3n) is 3.89. The first-order chi connectivity index (χ1) is 10.1. The molecule has 0 atom stereocenters. The third kappa shape index (κ3) is 2.74. The lowest BCUT2D eigenvalue weighted by Gasteiger charge is -2.12. The monoisotopic (exact) mass is 286 g/mol. The lowest BCUT2D eigenvalue weighted by Crippen LogP contribution is -2.07. The lowest BCUT2D eigenvalue weighted by molar-refractivity contribution is -0.385. The number of nitro benzene ring substituents is 1. The Labute approximate surface area is 123 Å². The van der Waals surface area contributed by atoms with Crippen molar-refractivity contribution in [2.75, 3.05) is 5.32 Å². The molecule has 110 valence electrons. The minimum Gasteiger partial charge on any atom is -0.379 e. The molecule has 0 radical (unpaired) electrons. The van der Waals surface area contributed by atoms with Gasteiger partial charge in [-0.25, -0.2) is 4.98 Å². The van der Waals surface area contributed by atoms with Gasteiger partial charge in [0.05, 0.1) is 23.5 Å². The summed E-state index contributed by atoms with van der Waals surface area (Å²) >= 11 is 0. The van der Waals surface area contributed by atoms with Crippen molar-refractivity contribution in [3.63, 3.8) is 0 Å². The maximum atomic E-state index is 11.0. The van der Waals surface area contributed by atoms with Crippen molar-refractivity contribution in [3.8, 4) is 0 Å². The highest BCUT2D eigenvalue weighted by Crippen LogP contribution is 2.36. The van der Waals surface area contributed by atoms with Crippen molar-refractivity contribution in [2.45, 2.75) is 39.3 Å². The molecule has 0 unspecified atom stereocenters. The van der Waals surface area contributed by atoms with Crippen molar-refractivity contribution in [3.05, 3.63) is 51.6 Å². The fourth-order valence-electron chi connectivity index (χ4n) is 2.56. The van der Waals surface area contributed by atoms with Crippen molar-refractivity contribution in [2.24, 2.45) is 0 Å². The molecule has 0 aliphatic heterocycles. The number of anilines is 1. The standard InChI is InChI=1S/C15H18N4O2/c1-10-5-11(2)15(19(20)21)6-14(10)17-8-13-7-16-9-18(13)12-3-4-12/h5-7,9,12,17H,3-4,8H2,1-2H3. The maximum absolute atomic E-state index is 11.0. The number of nitrogens with zero attached hydrogens (tertiary/aromatic N) is 3. The minimum absolute atomic E-state index is 0.152. The molecule has 0 spiro atoms. The number of aryl methyl sites for hydroxylation is 2. The number of rotatable bonds is 5. The van der Waals surface area contributed by atoms with E-state index < -0.39 is 0 Å². The molecule has 0 amide bonds. The molecule has 1 aromatic heterocycles. The molecule has 6 heteroatoms. The molecule has 1 aliphatic carbocycles. The fourth-order valence-corrected chi connectivity index (χ4v) is 2.56. The molecule has 1 aliphatic rings. The van der Waals surface area contributed by atoms with Gasteiger partial charge in [-0.3, -0.25) is 10.1 Å². The van der Waals surface area contributed by atoms with E-state index in [9.17, 15) is 10.1 Å². The average Bonchev–Trinajstić information content (AvgIpc) is 3.16. The van der Waals surface area contributed by atoms with Gasteiger partial charge in [-0.1, -0.05) is 0 Å². The van der Waals surface area contributed by atoms with Crippen LogP contribution in [0.3, 0.4) is 0 Å². The molecule has 2 aromatic rings. The molecule has 0 saturated heterocycles. The fraction of sp³-hybridized carbons (Fsp3) is 0.400. The highest BCUT2D eigenvalue weighted by molar-refractivity contribution is 5.60. The summed E-state index contributed by atoms with van der Waals surface area (Å²) in [5.41, 5.74) is 3.76. The van der Waals surface area contributed by atoms with E-state index in [4.69, 9.17) is 0 Å². The van der Waals surface area contributed by atoms with Crippen LogP contribution in [-0.4, -0.2) is 14.5 Å². The Bertz CT molecular complexity index is 689. The second-order valence-electron chi connectivity index (χ2n) is 5.59. The predicted octanol–water partition coefficient (Wildman–Crippen LogP) is 3.36. The van der Waals surface area contributed by atoms with Gasteiger partial charge in [0.2, 0.25) is 0 Å². The zero-order valence-corrected chi connectivity index (χ0v) is 12.2. The van der Waals surface area contributed by atoms with Crippen molar-refractivity contribution < 1.29 is 4.92 Å². The van der Waals surface area contributed by atoms with E-state index in [0.29, 0.717) is 18.2 Å². The van der Waals surface area contributed by atoms with Gasteiger partial charge < -0.3 is 9.88 Å². The summed E-state index contributed by atoms with van der Waals surface area (Å²) in [6, 6.07) is 4.04.